The Balaban J connectivity index is 3.71. The lowest BCUT2D eigenvalue weighted by Gasteiger charge is -2.17. The Labute approximate surface area is 63.6 Å². The van der Waals surface area contributed by atoms with Gasteiger partial charge in [-0.25, -0.2) is 13.2 Å². The van der Waals surface area contributed by atoms with E-state index < -0.39 is 31.6 Å². The third-order valence-electron chi connectivity index (χ3n) is 1.38. The second-order valence-corrected chi connectivity index (χ2v) is 2.31. The average Bonchev–Trinajstić information content (AvgIpc) is 2.00. The minimum absolute atomic E-state index is 0.156. The summed E-state index contributed by atoms with van der Waals surface area (Å²) in [5, 5.41) is 0. The second-order valence-electron chi connectivity index (χ2n) is 2.31. The molecular formula is C7H11F4. The van der Waals surface area contributed by atoms with Crippen LogP contribution in [0.4, 0.5) is 17.6 Å². The van der Waals surface area contributed by atoms with Gasteiger partial charge in [0.2, 0.25) is 0 Å². The molecule has 11 heavy (non-hydrogen) atoms. The first-order chi connectivity index (χ1) is 5.04. The van der Waals surface area contributed by atoms with Crippen LogP contribution in [0.3, 0.4) is 0 Å². The standard InChI is InChI=1S/C7H11F4/c1-2-7(10,11)6(9)4-3-5-8/h6H,1-5H2/t6-/m0/s1. The van der Waals surface area contributed by atoms with E-state index >= 15 is 0 Å². The third kappa shape index (κ3) is 3.58. The van der Waals surface area contributed by atoms with Gasteiger partial charge in [0, 0.05) is 6.42 Å². The summed E-state index contributed by atoms with van der Waals surface area (Å²) in [6, 6.07) is 0. The SMILES string of the molecule is [CH2]CC(F)(F)[C@@H](F)CCCF. The van der Waals surface area contributed by atoms with Crippen LogP contribution in [0.5, 0.6) is 0 Å². The molecule has 0 fully saturated rings. The lowest BCUT2D eigenvalue weighted by Crippen LogP contribution is -2.29. The number of hydrogen-bond acceptors (Lipinski definition) is 0. The summed E-state index contributed by atoms with van der Waals surface area (Å²) in [6.45, 7) is 2.15. The van der Waals surface area contributed by atoms with Crippen molar-refractivity contribution >= 4 is 0 Å². The van der Waals surface area contributed by atoms with Gasteiger partial charge in [-0.05, 0) is 19.8 Å². The van der Waals surface area contributed by atoms with Gasteiger partial charge in [-0.2, -0.15) is 0 Å². The van der Waals surface area contributed by atoms with Crippen LogP contribution in [-0.4, -0.2) is 18.8 Å². The Hall–Kier alpha value is -0.280. The molecule has 0 aromatic carbocycles. The van der Waals surface area contributed by atoms with Crippen LogP contribution in [-0.2, 0) is 0 Å². The predicted octanol–water partition coefficient (Wildman–Crippen LogP) is 2.93. The summed E-state index contributed by atoms with van der Waals surface area (Å²) in [4.78, 5) is 0. The molecule has 0 bridgehead atoms. The van der Waals surface area contributed by atoms with Crippen LogP contribution < -0.4 is 0 Å². The van der Waals surface area contributed by atoms with Crippen molar-refractivity contribution in [1.29, 1.82) is 0 Å². The molecule has 0 rings (SSSR count). The highest BCUT2D eigenvalue weighted by Gasteiger charge is 2.37. The fraction of sp³-hybridized carbons (Fsp3) is 0.857. The highest BCUT2D eigenvalue weighted by Crippen LogP contribution is 2.27. The zero-order valence-corrected chi connectivity index (χ0v) is 6.12. The Morgan fingerprint density at radius 2 is 1.91 bits per heavy atom. The maximum Gasteiger partial charge on any atom is 0.278 e. The molecule has 0 heterocycles. The Morgan fingerprint density at radius 3 is 2.27 bits per heavy atom. The molecule has 0 saturated carbocycles. The van der Waals surface area contributed by atoms with Crippen LogP contribution in [0.2, 0.25) is 0 Å². The molecular weight excluding hydrogens is 160 g/mol. The van der Waals surface area contributed by atoms with E-state index in [1.165, 1.54) is 0 Å². The van der Waals surface area contributed by atoms with Gasteiger partial charge < -0.3 is 0 Å². The first-order valence-electron chi connectivity index (χ1n) is 3.41. The lowest BCUT2D eigenvalue weighted by atomic mass is 10.1. The van der Waals surface area contributed by atoms with Crippen LogP contribution in [0.1, 0.15) is 19.3 Å². The molecule has 1 atom stereocenters. The fourth-order valence-corrected chi connectivity index (χ4v) is 0.624. The number of halogens is 4. The maximum absolute atomic E-state index is 12.4. The predicted molar refractivity (Wildman–Crippen MR) is 35.0 cm³/mol. The first kappa shape index (κ1) is 10.7. The summed E-state index contributed by atoms with van der Waals surface area (Å²) >= 11 is 0. The number of hydrogen-bond donors (Lipinski definition) is 0. The maximum atomic E-state index is 12.4. The Bertz CT molecular complexity index is 103. The highest BCUT2D eigenvalue weighted by molar-refractivity contribution is 4.77. The van der Waals surface area contributed by atoms with E-state index in [-0.39, 0.29) is 6.42 Å². The molecule has 1 radical (unpaired) electrons. The van der Waals surface area contributed by atoms with Crippen molar-refractivity contribution in [2.24, 2.45) is 0 Å². The van der Waals surface area contributed by atoms with E-state index in [1.54, 1.807) is 0 Å². The lowest BCUT2D eigenvalue weighted by molar-refractivity contribution is -0.0732. The minimum atomic E-state index is -3.39. The molecule has 0 aliphatic rings. The van der Waals surface area contributed by atoms with Crippen molar-refractivity contribution in [2.45, 2.75) is 31.4 Å². The fourth-order valence-electron chi connectivity index (χ4n) is 0.624. The van der Waals surface area contributed by atoms with Crippen molar-refractivity contribution in [3.63, 3.8) is 0 Å². The molecule has 0 aliphatic carbocycles. The topological polar surface area (TPSA) is 0 Å². The monoisotopic (exact) mass is 171 g/mol. The Morgan fingerprint density at radius 1 is 1.36 bits per heavy atom. The molecule has 67 valence electrons. The van der Waals surface area contributed by atoms with Gasteiger partial charge in [-0.1, -0.05) is 0 Å². The van der Waals surface area contributed by atoms with E-state index in [0.29, 0.717) is 0 Å². The van der Waals surface area contributed by atoms with E-state index in [9.17, 15) is 17.6 Å². The van der Waals surface area contributed by atoms with Gasteiger partial charge in [-0.15, -0.1) is 0 Å². The smallest absolute Gasteiger partial charge is 0.251 e. The van der Waals surface area contributed by atoms with E-state index in [2.05, 4.69) is 6.92 Å². The van der Waals surface area contributed by atoms with Crippen LogP contribution in [0.25, 0.3) is 0 Å². The molecule has 0 aliphatic heterocycles. The van der Waals surface area contributed by atoms with Crippen molar-refractivity contribution in [2.75, 3.05) is 6.67 Å². The van der Waals surface area contributed by atoms with Crippen LogP contribution in [0.15, 0.2) is 0 Å². The minimum Gasteiger partial charge on any atom is -0.251 e. The molecule has 0 spiro atoms. The van der Waals surface area contributed by atoms with E-state index in [4.69, 9.17) is 0 Å². The van der Waals surface area contributed by atoms with Gasteiger partial charge in [0.1, 0.15) is 0 Å². The zero-order valence-electron chi connectivity index (χ0n) is 6.12. The quantitative estimate of drug-likeness (QED) is 0.558. The van der Waals surface area contributed by atoms with Crippen molar-refractivity contribution in [1.82, 2.24) is 0 Å². The largest absolute Gasteiger partial charge is 0.278 e. The molecule has 0 aromatic heterocycles. The number of rotatable bonds is 5. The van der Waals surface area contributed by atoms with Gasteiger partial charge in [0.15, 0.2) is 6.17 Å². The van der Waals surface area contributed by atoms with Crippen molar-refractivity contribution in [3.05, 3.63) is 6.92 Å². The van der Waals surface area contributed by atoms with E-state index in [1.807, 2.05) is 0 Å². The van der Waals surface area contributed by atoms with Crippen molar-refractivity contribution in [3.8, 4) is 0 Å². The van der Waals surface area contributed by atoms with Gasteiger partial charge in [0.05, 0.1) is 6.67 Å². The summed E-state index contributed by atoms with van der Waals surface area (Å²) < 4.78 is 48.4. The van der Waals surface area contributed by atoms with Gasteiger partial charge in [0.25, 0.3) is 5.92 Å². The van der Waals surface area contributed by atoms with Crippen molar-refractivity contribution < 1.29 is 17.6 Å². The summed E-state index contributed by atoms with van der Waals surface area (Å²) in [6.07, 6.45) is -3.62. The molecule has 0 unspecified atom stereocenters. The molecule has 0 nitrogen and oxygen atoms in total. The third-order valence-corrected chi connectivity index (χ3v) is 1.38. The first-order valence-corrected chi connectivity index (χ1v) is 3.41. The molecule has 4 heteroatoms. The van der Waals surface area contributed by atoms with Crippen LogP contribution in [0, 0.1) is 6.92 Å². The summed E-state index contributed by atoms with van der Waals surface area (Å²) in [5.74, 6) is -3.39. The summed E-state index contributed by atoms with van der Waals surface area (Å²) in [5.41, 5.74) is 0. The Kier molecular flexibility index (Phi) is 4.45. The second kappa shape index (κ2) is 4.57. The van der Waals surface area contributed by atoms with Gasteiger partial charge >= 0.3 is 0 Å². The molecule has 0 saturated heterocycles. The normalized spacial score (nSPS) is 15.0. The molecule has 0 N–H and O–H groups in total. The van der Waals surface area contributed by atoms with E-state index in [0.717, 1.165) is 0 Å². The van der Waals surface area contributed by atoms with Crippen LogP contribution >= 0.6 is 0 Å². The van der Waals surface area contributed by atoms with Gasteiger partial charge in [-0.3, -0.25) is 4.39 Å². The number of alkyl halides is 4. The average molecular weight is 171 g/mol. The summed E-state index contributed by atoms with van der Waals surface area (Å²) in [7, 11) is 0. The zero-order chi connectivity index (χ0) is 8.91. The molecule has 0 aromatic rings. The molecule has 0 amide bonds. The highest BCUT2D eigenvalue weighted by atomic mass is 19.3.